The third-order valence-electron chi connectivity index (χ3n) is 4.09. The highest BCUT2D eigenvalue weighted by Gasteiger charge is 2.43. The predicted molar refractivity (Wildman–Crippen MR) is 66.5 cm³/mol. The van der Waals surface area contributed by atoms with E-state index < -0.39 is 12.0 Å². The molecule has 2 saturated heterocycles. The summed E-state index contributed by atoms with van der Waals surface area (Å²) in [5, 5.41) is 11.7. The van der Waals surface area contributed by atoms with Crippen molar-refractivity contribution in [3.05, 3.63) is 0 Å². The highest BCUT2D eigenvalue weighted by Crippen LogP contribution is 2.28. The van der Waals surface area contributed by atoms with Gasteiger partial charge < -0.3 is 20.2 Å². The number of hydrogen-bond acceptors (Lipinski definition) is 3. The number of urea groups is 1. The maximum atomic E-state index is 12.3. The van der Waals surface area contributed by atoms with Gasteiger partial charge in [0, 0.05) is 20.1 Å². The Kier molecular flexibility index (Phi) is 3.64. The first-order valence-electron chi connectivity index (χ1n) is 6.47. The van der Waals surface area contributed by atoms with Gasteiger partial charge in [-0.15, -0.1) is 0 Å². The molecule has 2 N–H and O–H groups in total. The molecule has 2 aliphatic rings. The zero-order valence-electron chi connectivity index (χ0n) is 11.1. The maximum absolute atomic E-state index is 12.3. The van der Waals surface area contributed by atoms with Crippen molar-refractivity contribution >= 4 is 17.9 Å². The molecule has 19 heavy (non-hydrogen) atoms. The van der Waals surface area contributed by atoms with E-state index in [0.29, 0.717) is 13.1 Å². The molecule has 0 bridgehead atoms. The van der Waals surface area contributed by atoms with Gasteiger partial charge in [-0.25, -0.2) is 9.59 Å². The smallest absolute Gasteiger partial charge is 0.326 e. The van der Waals surface area contributed by atoms with Crippen LogP contribution in [0.2, 0.25) is 0 Å². The van der Waals surface area contributed by atoms with E-state index >= 15 is 0 Å². The molecule has 2 fully saturated rings. The van der Waals surface area contributed by atoms with Gasteiger partial charge in [0.05, 0.1) is 12.0 Å². The summed E-state index contributed by atoms with van der Waals surface area (Å²) >= 11 is 0. The van der Waals surface area contributed by atoms with Crippen molar-refractivity contribution in [1.82, 2.24) is 15.1 Å². The first-order chi connectivity index (χ1) is 8.93. The average Bonchev–Trinajstić information content (AvgIpc) is 2.78. The number of nitrogens with one attached hydrogen (secondary N) is 1. The van der Waals surface area contributed by atoms with Gasteiger partial charge in [-0.1, -0.05) is 0 Å². The van der Waals surface area contributed by atoms with Crippen molar-refractivity contribution in [2.45, 2.75) is 31.8 Å². The molecular weight excluding hydrogens is 250 g/mol. The molecule has 2 heterocycles. The Morgan fingerprint density at radius 2 is 2.21 bits per heavy atom. The van der Waals surface area contributed by atoms with Gasteiger partial charge >= 0.3 is 12.0 Å². The largest absolute Gasteiger partial charge is 0.480 e. The van der Waals surface area contributed by atoms with Gasteiger partial charge in [0.15, 0.2) is 0 Å². The van der Waals surface area contributed by atoms with Gasteiger partial charge in [0.25, 0.3) is 0 Å². The molecule has 7 nitrogen and oxygen atoms in total. The minimum absolute atomic E-state index is 0.00330. The molecule has 0 spiro atoms. The summed E-state index contributed by atoms with van der Waals surface area (Å²) in [6.45, 7) is 2.51. The number of carbonyl (C=O) groups is 3. The molecule has 0 aromatic heterocycles. The fourth-order valence-corrected chi connectivity index (χ4v) is 2.72. The van der Waals surface area contributed by atoms with Crippen molar-refractivity contribution in [3.8, 4) is 0 Å². The zero-order valence-corrected chi connectivity index (χ0v) is 11.1. The Morgan fingerprint density at radius 1 is 1.53 bits per heavy atom. The van der Waals surface area contributed by atoms with Crippen LogP contribution in [0.15, 0.2) is 0 Å². The molecule has 0 aliphatic carbocycles. The summed E-state index contributed by atoms with van der Waals surface area (Å²) in [6.07, 6.45) is 1.56. The van der Waals surface area contributed by atoms with Gasteiger partial charge in [-0.3, -0.25) is 4.79 Å². The molecule has 0 aromatic rings. The number of amides is 3. The molecule has 2 rings (SSSR count). The topological polar surface area (TPSA) is 90.0 Å². The summed E-state index contributed by atoms with van der Waals surface area (Å²) in [7, 11) is 1.48. The van der Waals surface area contributed by atoms with E-state index in [1.807, 2.05) is 0 Å². The van der Waals surface area contributed by atoms with Crippen LogP contribution in [0.25, 0.3) is 0 Å². The maximum Gasteiger partial charge on any atom is 0.326 e. The lowest BCUT2D eigenvalue weighted by Gasteiger charge is -2.39. The summed E-state index contributed by atoms with van der Waals surface area (Å²) in [6, 6.07) is -1.34. The minimum atomic E-state index is -1.04. The van der Waals surface area contributed by atoms with E-state index in [1.54, 1.807) is 4.90 Å². The number of carbonyl (C=O) groups excluding carboxylic acids is 2. The van der Waals surface area contributed by atoms with Crippen molar-refractivity contribution in [2.75, 3.05) is 20.1 Å². The Labute approximate surface area is 111 Å². The number of hydrogen-bond donors (Lipinski definition) is 2. The molecule has 7 heteroatoms. The van der Waals surface area contributed by atoms with E-state index in [1.165, 1.54) is 18.9 Å². The van der Waals surface area contributed by atoms with Crippen LogP contribution < -0.4 is 5.32 Å². The van der Waals surface area contributed by atoms with Crippen molar-refractivity contribution in [1.29, 1.82) is 0 Å². The Bertz CT molecular complexity index is 412. The monoisotopic (exact) mass is 269 g/mol. The first-order valence-corrected chi connectivity index (χ1v) is 6.47. The summed E-state index contributed by atoms with van der Waals surface area (Å²) in [5.41, 5.74) is 0. The predicted octanol–water partition coefficient (Wildman–Crippen LogP) is -0.278. The van der Waals surface area contributed by atoms with Crippen LogP contribution in [-0.4, -0.2) is 65.0 Å². The lowest BCUT2D eigenvalue weighted by Crippen LogP contribution is -2.55. The number of aliphatic carboxylic acids is 1. The molecule has 0 saturated carbocycles. The second-order valence-electron chi connectivity index (χ2n) is 5.16. The molecule has 0 aromatic carbocycles. The summed E-state index contributed by atoms with van der Waals surface area (Å²) < 4.78 is 0. The lowest BCUT2D eigenvalue weighted by atomic mass is 9.92. The number of fused-ring (bicyclic) bond motifs is 1. The number of carboxylic acids is 1. The standard InChI is InChI=1S/C12H19N3O4/c1-7(11(17)18)14(2)12(19)15-5-3-4-8-9(15)6-13-10(8)16/h7-9H,3-6H2,1-2H3,(H,13,16)(H,17,18). The number of rotatable bonds is 2. The highest BCUT2D eigenvalue weighted by molar-refractivity contribution is 5.86. The quantitative estimate of drug-likeness (QED) is 0.721. The molecule has 0 radical (unpaired) electrons. The van der Waals surface area contributed by atoms with Crippen LogP contribution >= 0.6 is 0 Å². The van der Waals surface area contributed by atoms with Crippen molar-refractivity contribution in [3.63, 3.8) is 0 Å². The Morgan fingerprint density at radius 3 is 2.84 bits per heavy atom. The van der Waals surface area contributed by atoms with Crippen molar-refractivity contribution < 1.29 is 19.5 Å². The minimum Gasteiger partial charge on any atom is -0.480 e. The number of carboxylic acid groups (broad SMARTS) is 1. The fourth-order valence-electron chi connectivity index (χ4n) is 2.72. The number of likely N-dealkylation sites (tertiary alicyclic amines) is 1. The normalized spacial score (nSPS) is 27.5. The average molecular weight is 269 g/mol. The van der Waals surface area contributed by atoms with Gasteiger partial charge in [0.1, 0.15) is 6.04 Å². The van der Waals surface area contributed by atoms with Gasteiger partial charge in [0.2, 0.25) is 5.91 Å². The van der Waals surface area contributed by atoms with Crippen LogP contribution in [0.1, 0.15) is 19.8 Å². The Hall–Kier alpha value is -1.79. The fraction of sp³-hybridized carbons (Fsp3) is 0.750. The summed E-state index contributed by atoms with van der Waals surface area (Å²) in [4.78, 5) is 37.7. The number of nitrogens with zero attached hydrogens (tertiary/aromatic N) is 2. The number of likely N-dealkylation sites (N-methyl/N-ethyl adjacent to an activating group) is 1. The SMILES string of the molecule is CC(C(=O)O)N(C)C(=O)N1CCCC2C(=O)NCC21. The zero-order chi connectivity index (χ0) is 14.2. The third kappa shape index (κ3) is 2.36. The van der Waals surface area contributed by atoms with Crippen LogP contribution in [0.5, 0.6) is 0 Å². The van der Waals surface area contributed by atoms with Crippen molar-refractivity contribution in [2.24, 2.45) is 5.92 Å². The molecule has 3 unspecified atom stereocenters. The molecular formula is C12H19N3O4. The summed E-state index contributed by atoms with van der Waals surface area (Å²) in [5.74, 6) is -1.19. The second kappa shape index (κ2) is 5.07. The van der Waals surface area contributed by atoms with Gasteiger partial charge in [-0.2, -0.15) is 0 Å². The first kappa shape index (κ1) is 13.6. The van der Waals surface area contributed by atoms with Crippen LogP contribution in [0, 0.1) is 5.92 Å². The van der Waals surface area contributed by atoms with Crippen LogP contribution in [-0.2, 0) is 9.59 Å². The number of piperidine rings is 1. The van der Waals surface area contributed by atoms with E-state index in [2.05, 4.69) is 5.32 Å². The van der Waals surface area contributed by atoms with E-state index in [0.717, 1.165) is 12.8 Å². The third-order valence-corrected chi connectivity index (χ3v) is 4.09. The van der Waals surface area contributed by atoms with E-state index in [9.17, 15) is 14.4 Å². The van der Waals surface area contributed by atoms with Crippen LogP contribution in [0.3, 0.4) is 0 Å². The highest BCUT2D eigenvalue weighted by atomic mass is 16.4. The molecule has 2 aliphatic heterocycles. The lowest BCUT2D eigenvalue weighted by molar-refractivity contribution is -0.141. The molecule has 3 amide bonds. The molecule has 3 atom stereocenters. The van der Waals surface area contributed by atoms with E-state index in [4.69, 9.17) is 5.11 Å². The Balaban J connectivity index is 2.10. The van der Waals surface area contributed by atoms with Crippen LogP contribution in [0.4, 0.5) is 4.79 Å². The van der Waals surface area contributed by atoms with Gasteiger partial charge in [-0.05, 0) is 19.8 Å². The second-order valence-corrected chi connectivity index (χ2v) is 5.16. The van der Waals surface area contributed by atoms with E-state index in [-0.39, 0.29) is 23.9 Å². The molecule has 106 valence electrons.